The van der Waals surface area contributed by atoms with Crippen molar-refractivity contribution in [1.82, 2.24) is 0 Å². The van der Waals surface area contributed by atoms with Crippen LogP contribution < -0.4 is 0 Å². The van der Waals surface area contributed by atoms with Crippen molar-refractivity contribution in [3.8, 4) is 0 Å². The number of hydrogen-bond donors (Lipinski definition) is 0. The standard InChI is InChI=1S/C10H21O2P/c1-9(2,13-5)8-6-7-11-10(3,4)12-8/h8,13H,6-7H2,1-5H3. The van der Waals surface area contributed by atoms with E-state index in [1.54, 1.807) is 0 Å². The van der Waals surface area contributed by atoms with E-state index in [4.69, 9.17) is 9.47 Å². The molecule has 1 aliphatic heterocycles. The van der Waals surface area contributed by atoms with Crippen LogP contribution in [0.25, 0.3) is 0 Å². The van der Waals surface area contributed by atoms with E-state index in [2.05, 4.69) is 20.5 Å². The lowest BCUT2D eigenvalue weighted by Crippen LogP contribution is -2.47. The Morgan fingerprint density at radius 2 is 2.00 bits per heavy atom. The molecule has 1 rings (SSSR count). The summed E-state index contributed by atoms with van der Waals surface area (Å²) < 4.78 is 11.4. The molecular weight excluding hydrogens is 183 g/mol. The van der Waals surface area contributed by atoms with Gasteiger partial charge in [0.2, 0.25) is 0 Å². The highest BCUT2D eigenvalue weighted by molar-refractivity contribution is 7.39. The van der Waals surface area contributed by atoms with Crippen molar-refractivity contribution < 1.29 is 9.47 Å². The molecule has 1 aliphatic rings. The van der Waals surface area contributed by atoms with Crippen LogP contribution in [-0.2, 0) is 9.47 Å². The van der Waals surface area contributed by atoms with Gasteiger partial charge in [-0.15, -0.1) is 8.58 Å². The van der Waals surface area contributed by atoms with Gasteiger partial charge in [0.1, 0.15) is 0 Å². The van der Waals surface area contributed by atoms with Crippen LogP contribution in [0, 0.1) is 0 Å². The molecule has 0 aliphatic carbocycles. The fourth-order valence-electron chi connectivity index (χ4n) is 1.52. The zero-order valence-corrected chi connectivity index (χ0v) is 10.3. The molecule has 0 aromatic heterocycles. The Hall–Kier alpha value is 0.350. The van der Waals surface area contributed by atoms with Crippen LogP contribution in [0.1, 0.15) is 34.1 Å². The Kier molecular flexibility index (Phi) is 3.38. The first kappa shape index (κ1) is 11.4. The highest BCUT2D eigenvalue weighted by atomic mass is 31.1. The summed E-state index contributed by atoms with van der Waals surface area (Å²) in [7, 11) is 0.911. The van der Waals surface area contributed by atoms with Gasteiger partial charge in [0.15, 0.2) is 5.79 Å². The minimum atomic E-state index is -0.389. The average molecular weight is 204 g/mol. The average Bonchev–Trinajstić information content (AvgIpc) is 2.03. The van der Waals surface area contributed by atoms with E-state index in [1.807, 2.05) is 13.8 Å². The first-order valence-electron chi connectivity index (χ1n) is 4.88. The summed E-state index contributed by atoms with van der Waals surface area (Å²) >= 11 is 0. The highest BCUT2D eigenvalue weighted by Gasteiger charge is 2.37. The van der Waals surface area contributed by atoms with Crippen molar-refractivity contribution in [3.05, 3.63) is 0 Å². The smallest absolute Gasteiger partial charge is 0.163 e. The van der Waals surface area contributed by atoms with Gasteiger partial charge in [-0.3, -0.25) is 0 Å². The fourth-order valence-corrected chi connectivity index (χ4v) is 2.04. The third-order valence-electron chi connectivity index (χ3n) is 2.71. The molecule has 0 spiro atoms. The Bertz CT molecular complexity index is 178. The van der Waals surface area contributed by atoms with Crippen LogP contribution in [-0.4, -0.2) is 30.3 Å². The van der Waals surface area contributed by atoms with Crippen LogP contribution in [0.15, 0.2) is 0 Å². The lowest BCUT2D eigenvalue weighted by atomic mass is 10.0. The van der Waals surface area contributed by atoms with Crippen molar-refractivity contribution in [2.75, 3.05) is 13.3 Å². The monoisotopic (exact) mass is 204 g/mol. The second-order valence-electron chi connectivity index (χ2n) is 4.62. The predicted molar refractivity (Wildman–Crippen MR) is 57.8 cm³/mol. The summed E-state index contributed by atoms with van der Waals surface area (Å²) in [5, 5.41) is 0.293. The van der Waals surface area contributed by atoms with Crippen molar-refractivity contribution in [3.63, 3.8) is 0 Å². The van der Waals surface area contributed by atoms with E-state index in [1.165, 1.54) is 0 Å². The van der Waals surface area contributed by atoms with Gasteiger partial charge in [-0.05, 0) is 26.9 Å². The van der Waals surface area contributed by atoms with Crippen molar-refractivity contribution in [2.24, 2.45) is 0 Å². The summed E-state index contributed by atoms with van der Waals surface area (Å²) in [4.78, 5) is 0. The zero-order chi connectivity index (χ0) is 10.1. The molecule has 0 amide bonds. The lowest BCUT2D eigenvalue weighted by molar-refractivity contribution is -0.277. The zero-order valence-electron chi connectivity index (χ0n) is 9.31. The molecule has 0 radical (unpaired) electrons. The third-order valence-corrected chi connectivity index (χ3v) is 4.32. The Labute approximate surface area is 83.2 Å². The molecule has 0 saturated carbocycles. The summed E-state index contributed by atoms with van der Waals surface area (Å²) in [6.45, 7) is 11.6. The van der Waals surface area contributed by atoms with Crippen LogP contribution in [0.4, 0.5) is 0 Å². The highest BCUT2D eigenvalue weighted by Crippen LogP contribution is 2.38. The molecular formula is C10H21O2P. The SMILES string of the molecule is CPC(C)(C)C1CCOC(C)(C)O1. The second kappa shape index (κ2) is 3.84. The Morgan fingerprint density at radius 3 is 2.46 bits per heavy atom. The van der Waals surface area contributed by atoms with E-state index < -0.39 is 0 Å². The molecule has 0 aromatic rings. The first-order chi connectivity index (χ1) is 5.87. The molecule has 2 nitrogen and oxygen atoms in total. The molecule has 13 heavy (non-hydrogen) atoms. The molecule has 1 heterocycles. The van der Waals surface area contributed by atoms with Gasteiger partial charge in [0.05, 0.1) is 12.7 Å². The van der Waals surface area contributed by atoms with Crippen molar-refractivity contribution in [2.45, 2.75) is 51.2 Å². The number of hydrogen-bond acceptors (Lipinski definition) is 2. The Morgan fingerprint density at radius 1 is 1.38 bits per heavy atom. The van der Waals surface area contributed by atoms with Crippen molar-refractivity contribution in [1.29, 1.82) is 0 Å². The van der Waals surface area contributed by atoms with E-state index in [0.29, 0.717) is 11.3 Å². The summed E-state index contributed by atoms with van der Waals surface area (Å²) in [5.41, 5.74) is 0. The van der Waals surface area contributed by atoms with E-state index in [-0.39, 0.29) is 5.79 Å². The van der Waals surface area contributed by atoms with Gasteiger partial charge < -0.3 is 9.47 Å². The maximum Gasteiger partial charge on any atom is 0.163 e. The van der Waals surface area contributed by atoms with E-state index >= 15 is 0 Å². The Balaban J connectivity index is 2.61. The third kappa shape index (κ3) is 2.90. The first-order valence-corrected chi connectivity index (χ1v) is 6.38. The van der Waals surface area contributed by atoms with Crippen LogP contribution >= 0.6 is 8.58 Å². The number of rotatable bonds is 2. The maximum absolute atomic E-state index is 5.91. The molecule has 3 heteroatoms. The maximum atomic E-state index is 5.91. The van der Waals surface area contributed by atoms with Gasteiger partial charge in [-0.25, -0.2) is 0 Å². The van der Waals surface area contributed by atoms with Crippen LogP contribution in [0.2, 0.25) is 0 Å². The molecule has 0 aromatic carbocycles. The quantitative estimate of drug-likeness (QED) is 0.644. The van der Waals surface area contributed by atoms with Crippen LogP contribution in [0.3, 0.4) is 0 Å². The van der Waals surface area contributed by atoms with Crippen molar-refractivity contribution >= 4 is 8.58 Å². The van der Waals surface area contributed by atoms with Gasteiger partial charge >= 0.3 is 0 Å². The summed E-state index contributed by atoms with van der Waals surface area (Å²) in [6, 6.07) is 0. The molecule has 78 valence electrons. The normalized spacial score (nSPS) is 29.8. The molecule has 0 bridgehead atoms. The fraction of sp³-hybridized carbons (Fsp3) is 1.00. The summed E-state index contributed by atoms with van der Waals surface area (Å²) in [5.74, 6) is -0.389. The predicted octanol–water partition coefficient (Wildman–Crippen LogP) is 2.61. The topological polar surface area (TPSA) is 18.5 Å². The van der Waals surface area contributed by atoms with Crippen LogP contribution in [0.5, 0.6) is 0 Å². The van der Waals surface area contributed by atoms with Gasteiger partial charge in [0, 0.05) is 5.16 Å². The molecule has 1 saturated heterocycles. The van der Waals surface area contributed by atoms with E-state index in [9.17, 15) is 0 Å². The minimum Gasteiger partial charge on any atom is -0.350 e. The second-order valence-corrected chi connectivity index (χ2v) is 6.40. The van der Waals surface area contributed by atoms with Gasteiger partial charge in [-0.1, -0.05) is 13.8 Å². The molecule has 1 fully saturated rings. The van der Waals surface area contributed by atoms with E-state index in [0.717, 1.165) is 21.6 Å². The van der Waals surface area contributed by atoms with Gasteiger partial charge in [-0.2, -0.15) is 0 Å². The summed E-state index contributed by atoms with van der Waals surface area (Å²) in [6.07, 6.45) is 1.37. The largest absolute Gasteiger partial charge is 0.350 e. The van der Waals surface area contributed by atoms with Gasteiger partial charge in [0.25, 0.3) is 0 Å². The number of ether oxygens (including phenoxy) is 2. The molecule has 0 N–H and O–H groups in total. The molecule has 2 unspecified atom stereocenters. The molecule has 2 atom stereocenters. The lowest BCUT2D eigenvalue weighted by Gasteiger charge is -2.43. The minimum absolute atomic E-state index is 0.293.